The minimum absolute atomic E-state index is 0.0819. The fourth-order valence-corrected chi connectivity index (χ4v) is 5.34. The van der Waals surface area contributed by atoms with Gasteiger partial charge in [-0.25, -0.2) is 0 Å². The third-order valence-electron chi connectivity index (χ3n) is 2.11. The van der Waals surface area contributed by atoms with Gasteiger partial charge in [0, 0.05) is 0 Å². The zero-order chi connectivity index (χ0) is 9.64. The second-order valence-corrected chi connectivity index (χ2v) is 7.43. The van der Waals surface area contributed by atoms with Crippen LogP contribution in [0, 0.1) is 0 Å². The van der Waals surface area contributed by atoms with Crippen molar-refractivity contribution in [3.05, 3.63) is 60.7 Å². The molecule has 0 amide bonds. The maximum atomic E-state index is 2.25. The molecule has 0 aromatic heterocycles. The Morgan fingerprint density at radius 1 is 0.714 bits per heavy atom. The predicted octanol–water partition coefficient (Wildman–Crippen LogP) is 2.37. The van der Waals surface area contributed by atoms with Crippen LogP contribution in [0.2, 0.25) is 0 Å². The van der Waals surface area contributed by atoms with E-state index in [1.807, 2.05) is 0 Å². The second-order valence-electron chi connectivity index (χ2n) is 3.21. The summed E-state index contributed by atoms with van der Waals surface area (Å²) < 4.78 is 0. The minimum atomic E-state index is -0.0819. The van der Waals surface area contributed by atoms with Crippen LogP contribution in [-0.2, 0) is 0 Å². The van der Waals surface area contributed by atoms with Crippen molar-refractivity contribution >= 4 is 27.1 Å². The number of hydrogen-bond acceptors (Lipinski definition) is 0. The van der Waals surface area contributed by atoms with Crippen molar-refractivity contribution in [1.82, 2.24) is 0 Å². The average Bonchev–Trinajstić information content (AvgIpc) is 2.29. The molecule has 1 atom stereocenters. The van der Waals surface area contributed by atoms with E-state index < -0.39 is 0 Å². The molecule has 0 radical (unpaired) electrons. The topological polar surface area (TPSA) is 0 Å². The fourth-order valence-electron chi connectivity index (χ4n) is 1.36. The van der Waals surface area contributed by atoms with Crippen molar-refractivity contribution in [2.45, 2.75) is 0 Å². The molecule has 0 nitrogen and oxygen atoms in total. The molecule has 72 valence electrons. The van der Waals surface area contributed by atoms with Crippen LogP contribution in [-0.4, -0.2) is 0 Å². The van der Waals surface area contributed by atoms with E-state index in [1.165, 1.54) is 5.30 Å². The van der Waals surface area contributed by atoms with Crippen LogP contribution in [0.1, 0.15) is 0 Å². The van der Waals surface area contributed by atoms with Crippen LogP contribution in [0.15, 0.2) is 60.7 Å². The average molecular weight is 220 g/mol. The van der Waals surface area contributed by atoms with Gasteiger partial charge in [0.15, 0.2) is 0 Å². The normalized spacial score (nSPS) is 11.1. The molecule has 2 aromatic carbocycles. The molecule has 1 unspecified atom stereocenters. The Morgan fingerprint density at radius 2 is 1.29 bits per heavy atom. The van der Waals surface area contributed by atoms with Crippen LogP contribution < -0.4 is 10.6 Å². The molecule has 2 aromatic rings. The van der Waals surface area contributed by atoms with Gasteiger partial charge in [-0.1, -0.05) is 0 Å². The Bertz CT molecular complexity index is 331. The van der Waals surface area contributed by atoms with Gasteiger partial charge in [0.25, 0.3) is 0 Å². The van der Waals surface area contributed by atoms with Gasteiger partial charge in [0.05, 0.1) is 0 Å². The summed E-state index contributed by atoms with van der Waals surface area (Å²) in [5.41, 5.74) is 0. The van der Waals surface area contributed by atoms with Crippen LogP contribution in [0.5, 0.6) is 0 Å². The molecule has 0 aliphatic heterocycles. The van der Waals surface area contributed by atoms with Crippen molar-refractivity contribution < 1.29 is 0 Å². The molecule has 0 bridgehead atoms. The van der Waals surface area contributed by atoms with Gasteiger partial charge in [-0.2, -0.15) is 0 Å². The standard InChI is InChI=1S/C12H14P2/c1-3-7-11(8-4-1)13-14-12-9-5-2-6-10-12/h1-10,13H,14H3. The van der Waals surface area contributed by atoms with Crippen LogP contribution in [0.25, 0.3) is 0 Å². The molecule has 0 aliphatic carbocycles. The Kier molecular flexibility index (Phi) is 3.69. The summed E-state index contributed by atoms with van der Waals surface area (Å²) in [5, 5.41) is 3.07. The molecule has 0 aliphatic rings. The van der Waals surface area contributed by atoms with E-state index in [0.29, 0.717) is 0 Å². The molecular weight excluding hydrogens is 206 g/mol. The molecule has 14 heavy (non-hydrogen) atoms. The Labute approximate surface area is 88.2 Å². The third kappa shape index (κ3) is 2.91. The summed E-state index contributed by atoms with van der Waals surface area (Å²) in [5.74, 6) is 0. The van der Waals surface area contributed by atoms with E-state index in [4.69, 9.17) is 0 Å². The quantitative estimate of drug-likeness (QED) is 0.696. The van der Waals surface area contributed by atoms with Crippen LogP contribution >= 0.6 is 16.5 Å². The molecule has 0 spiro atoms. The van der Waals surface area contributed by atoms with E-state index in [0.717, 1.165) is 8.27 Å². The first-order valence-corrected chi connectivity index (χ1v) is 8.81. The van der Waals surface area contributed by atoms with Gasteiger partial charge in [0.2, 0.25) is 0 Å². The zero-order valence-electron chi connectivity index (χ0n) is 7.98. The van der Waals surface area contributed by atoms with Gasteiger partial charge in [-0.05, 0) is 0 Å². The van der Waals surface area contributed by atoms with Crippen LogP contribution in [0.4, 0.5) is 0 Å². The Balaban J connectivity index is 1.96. The first kappa shape index (κ1) is 9.84. The second kappa shape index (κ2) is 5.25. The predicted molar refractivity (Wildman–Crippen MR) is 71.6 cm³/mol. The SMILES string of the molecule is c1ccc(P[PH3]c2ccccc2)cc1. The van der Waals surface area contributed by atoms with Crippen LogP contribution in [0.3, 0.4) is 0 Å². The molecule has 0 heterocycles. The molecular formula is C12H14P2. The molecule has 0 fully saturated rings. The van der Waals surface area contributed by atoms with Gasteiger partial charge < -0.3 is 0 Å². The summed E-state index contributed by atoms with van der Waals surface area (Å²) in [4.78, 5) is 0. The third-order valence-corrected chi connectivity index (χ3v) is 6.89. The van der Waals surface area contributed by atoms with Crippen molar-refractivity contribution in [3.8, 4) is 0 Å². The summed E-state index contributed by atoms with van der Waals surface area (Å²) in [6, 6.07) is 21.7. The first-order chi connectivity index (χ1) is 6.95. The van der Waals surface area contributed by atoms with Gasteiger partial charge in [-0.15, -0.1) is 0 Å². The molecule has 0 saturated carbocycles. The van der Waals surface area contributed by atoms with E-state index in [2.05, 4.69) is 60.7 Å². The zero-order valence-corrected chi connectivity index (χ0v) is 10.4. The summed E-state index contributed by atoms with van der Waals surface area (Å²) in [6.07, 6.45) is 0. The van der Waals surface area contributed by atoms with Crippen molar-refractivity contribution in [2.75, 3.05) is 0 Å². The van der Waals surface area contributed by atoms with Gasteiger partial charge in [0.1, 0.15) is 0 Å². The monoisotopic (exact) mass is 220 g/mol. The van der Waals surface area contributed by atoms with E-state index >= 15 is 0 Å². The molecule has 2 rings (SSSR count). The Morgan fingerprint density at radius 3 is 1.93 bits per heavy atom. The molecule has 0 N–H and O–H groups in total. The van der Waals surface area contributed by atoms with E-state index in [1.54, 1.807) is 5.30 Å². The summed E-state index contributed by atoms with van der Waals surface area (Å²) >= 11 is 0. The maximum absolute atomic E-state index is 2.25. The summed E-state index contributed by atoms with van der Waals surface area (Å²) in [6.45, 7) is 0. The number of hydrogen-bond donors (Lipinski definition) is 0. The molecule has 0 saturated heterocycles. The van der Waals surface area contributed by atoms with Crippen molar-refractivity contribution in [3.63, 3.8) is 0 Å². The first-order valence-electron chi connectivity index (χ1n) is 4.78. The van der Waals surface area contributed by atoms with Gasteiger partial charge >= 0.3 is 87.8 Å². The molecule has 2 heteroatoms. The number of benzene rings is 2. The summed E-state index contributed by atoms with van der Waals surface area (Å²) in [7, 11) is 0.939. The van der Waals surface area contributed by atoms with E-state index in [9.17, 15) is 0 Å². The van der Waals surface area contributed by atoms with Crippen molar-refractivity contribution in [2.24, 2.45) is 0 Å². The van der Waals surface area contributed by atoms with Gasteiger partial charge in [-0.3, -0.25) is 0 Å². The van der Waals surface area contributed by atoms with E-state index in [-0.39, 0.29) is 8.27 Å². The number of rotatable bonds is 3. The Hall–Kier alpha value is -0.700. The fraction of sp³-hybridized carbons (Fsp3) is 0. The van der Waals surface area contributed by atoms with Crippen molar-refractivity contribution in [1.29, 1.82) is 0 Å².